The Kier molecular flexibility index (Phi) is 4.20. The zero-order valence-electron chi connectivity index (χ0n) is 11.9. The number of nitrogens with zero attached hydrogens (tertiary/aromatic N) is 2. The lowest BCUT2D eigenvalue weighted by Crippen LogP contribution is -2.31. The van der Waals surface area contributed by atoms with E-state index in [-0.39, 0.29) is 18.4 Å². The summed E-state index contributed by atoms with van der Waals surface area (Å²) in [4.78, 5) is 30.5. The van der Waals surface area contributed by atoms with Gasteiger partial charge in [-0.3, -0.25) is 14.6 Å². The van der Waals surface area contributed by atoms with Crippen LogP contribution in [0.15, 0.2) is 42.0 Å². The van der Waals surface area contributed by atoms with Gasteiger partial charge in [-0.1, -0.05) is 12.1 Å². The molecule has 1 saturated heterocycles. The second-order valence-corrected chi connectivity index (χ2v) is 6.29. The van der Waals surface area contributed by atoms with Crippen molar-refractivity contribution in [2.24, 2.45) is 5.92 Å². The van der Waals surface area contributed by atoms with Gasteiger partial charge in [0, 0.05) is 30.2 Å². The van der Waals surface area contributed by atoms with Crippen LogP contribution in [-0.4, -0.2) is 33.4 Å². The number of aliphatic carboxylic acids is 1. The summed E-state index contributed by atoms with van der Waals surface area (Å²) in [5.74, 6) is -1.66. The zero-order chi connectivity index (χ0) is 15.5. The van der Waals surface area contributed by atoms with Gasteiger partial charge in [-0.2, -0.15) is 0 Å². The van der Waals surface area contributed by atoms with Gasteiger partial charge in [0.15, 0.2) is 0 Å². The van der Waals surface area contributed by atoms with Crippen LogP contribution in [-0.2, 0) is 16.0 Å². The molecule has 0 spiro atoms. The topological polar surface area (TPSA) is 70.5 Å². The third kappa shape index (κ3) is 2.87. The van der Waals surface area contributed by atoms with Crippen molar-refractivity contribution < 1.29 is 14.7 Å². The number of thiophene rings is 1. The van der Waals surface area contributed by atoms with Crippen molar-refractivity contribution in [3.8, 4) is 0 Å². The predicted octanol–water partition coefficient (Wildman–Crippen LogP) is 2.36. The van der Waals surface area contributed by atoms with Gasteiger partial charge in [0.2, 0.25) is 5.91 Å². The highest BCUT2D eigenvalue weighted by atomic mass is 32.1. The summed E-state index contributed by atoms with van der Waals surface area (Å²) in [6.45, 7) is 0.511. The van der Waals surface area contributed by atoms with E-state index in [9.17, 15) is 14.7 Å². The van der Waals surface area contributed by atoms with E-state index < -0.39 is 11.9 Å². The van der Waals surface area contributed by atoms with E-state index in [1.165, 1.54) is 11.3 Å². The maximum Gasteiger partial charge on any atom is 0.309 e. The van der Waals surface area contributed by atoms with Gasteiger partial charge < -0.3 is 10.0 Å². The van der Waals surface area contributed by atoms with Gasteiger partial charge in [-0.05, 0) is 29.5 Å². The highest BCUT2D eigenvalue weighted by Gasteiger charge is 2.44. The Bertz CT molecular complexity index is 657. The smallest absolute Gasteiger partial charge is 0.309 e. The summed E-state index contributed by atoms with van der Waals surface area (Å²) in [5.41, 5.74) is 1.04. The molecule has 1 N–H and O–H groups in total. The van der Waals surface area contributed by atoms with Crippen molar-refractivity contribution in [1.82, 2.24) is 9.88 Å². The van der Waals surface area contributed by atoms with Crippen LogP contribution >= 0.6 is 11.3 Å². The Morgan fingerprint density at radius 1 is 1.41 bits per heavy atom. The van der Waals surface area contributed by atoms with Crippen LogP contribution in [0.2, 0.25) is 0 Å². The summed E-state index contributed by atoms with van der Waals surface area (Å²) in [7, 11) is 0. The summed E-state index contributed by atoms with van der Waals surface area (Å²) >= 11 is 1.50. The van der Waals surface area contributed by atoms with Crippen molar-refractivity contribution in [3.05, 3.63) is 52.5 Å². The average Bonchev–Trinajstić information content (AvgIpc) is 3.13. The maximum absolute atomic E-state index is 12.3. The zero-order valence-corrected chi connectivity index (χ0v) is 12.7. The highest BCUT2D eigenvalue weighted by Crippen LogP contribution is 2.40. The molecule has 2 aromatic heterocycles. The summed E-state index contributed by atoms with van der Waals surface area (Å²) in [5, 5.41) is 11.3. The largest absolute Gasteiger partial charge is 0.481 e. The molecule has 2 aromatic rings. The number of amides is 1. The minimum atomic E-state index is -0.907. The molecule has 1 amide bonds. The number of likely N-dealkylation sites (tertiary alicyclic amines) is 1. The molecule has 2 unspecified atom stereocenters. The molecule has 6 heteroatoms. The molecule has 5 nitrogen and oxygen atoms in total. The number of rotatable bonds is 5. The van der Waals surface area contributed by atoms with Crippen LogP contribution in [0.5, 0.6) is 0 Å². The Balaban J connectivity index is 1.81. The number of carboxylic acid groups (broad SMARTS) is 1. The normalized spacial score (nSPS) is 21.3. The molecule has 0 radical (unpaired) electrons. The molecule has 3 heterocycles. The minimum absolute atomic E-state index is 0.0743. The Hall–Kier alpha value is -2.21. The van der Waals surface area contributed by atoms with E-state index in [4.69, 9.17) is 0 Å². The van der Waals surface area contributed by atoms with E-state index >= 15 is 0 Å². The van der Waals surface area contributed by atoms with Gasteiger partial charge >= 0.3 is 5.97 Å². The second-order valence-electron chi connectivity index (χ2n) is 5.31. The molecule has 0 aromatic carbocycles. The molecule has 3 rings (SSSR count). The van der Waals surface area contributed by atoms with E-state index in [0.717, 1.165) is 10.4 Å². The lowest BCUT2D eigenvalue weighted by atomic mass is 9.99. The monoisotopic (exact) mass is 316 g/mol. The van der Waals surface area contributed by atoms with Crippen LogP contribution in [0.1, 0.15) is 22.9 Å². The standard InChI is InChI=1S/C16H16N2O3S/c19-14-9-12(16(20)21)15(13-4-2-8-22-13)18(14)7-5-11-3-1-6-17-10-11/h1-4,6,8,10,12,15H,5,7,9H2,(H,20,21). The van der Waals surface area contributed by atoms with Crippen molar-refractivity contribution in [2.75, 3.05) is 6.54 Å². The number of hydrogen-bond acceptors (Lipinski definition) is 4. The third-order valence-electron chi connectivity index (χ3n) is 3.95. The van der Waals surface area contributed by atoms with Gasteiger partial charge in [0.25, 0.3) is 0 Å². The Labute approximate surface area is 132 Å². The van der Waals surface area contributed by atoms with Crippen LogP contribution in [0.25, 0.3) is 0 Å². The molecule has 22 heavy (non-hydrogen) atoms. The molecule has 0 saturated carbocycles. The van der Waals surface area contributed by atoms with Crippen LogP contribution in [0, 0.1) is 5.92 Å². The predicted molar refractivity (Wildman–Crippen MR) is 82.5 cm³/mol. The molecule has 0 aliphatic carbocycles. The van der Waals surface area contributed by atoms with Gasteiger partial charge in [-0.25, -0.2) is 0 Å². The molecule has 1 aliphatic heterocycles. The quantitative estimate of drug-likeness (QED) is 0.919. The fraction of sp³-hybridized carbons (Fsp3) is 0.312. The number of carboxylic acids is 1. The summed E-state index contributed by atoms with van der Waals surface area (Å²) in [6, 6.07) is 7.25. The molecular weight excluding hydrogens is 300 g/mol. The van der Waals surface area contributed by atoms with Crippen molar-refractivity contribution in [1.29, 1.82) is 0 Å². The summed E-state index contributed by atoms with van der Waals surface area (Å²) in [6.07, 6.45) is 4.23. The second kappa shape index (κ2) is 6.27. The number of pyridine rings is 1. The lowest BCUT2D eigenvalue weighted by Gasteiger charge is -2.26. The van der Waals surface area contributed by atoms with E-state index in [2.05, 4.69) is 4.98 Å². The van der Waals surface area contributed by atoms with E-state index in [0.29, 0.717) is 13.0 Å². The lowest BCUT2D eigenvalue weighted by molar-refractivity contribution is -0.142. The van der Waals surface area contributed by atoms with E-state index in [1.54, 1.807) is 17.3 Å². The number of carbonyl (C=O) groups is 2. The molecule has 1 aliphatic rings. The Morgan fingerprint density at radius 2 is 2.27 bits per heavy atom. The number of aromatic nitrogens is 1. The SMILES string of the molecule is O=C(O)C1CC(=O)N(CCc2cccnc2)C1c1cccs1. The van der Waals surface area contributed by atoms with Crippen LogP contribution < -0.4 is 0 Å². The van der Waals surface area contributed by atoms with Gasteiger partial charge in [-0.15, -0.1) is 11.3 Å². The van der Waals surface area contributed by atoms with Crippen LogP contribution in [0.3, 0.4) is 0 Å². The Morgan fingerprint density at radius 3 is 2.91 bits per heavy atom. The van der Waals surface area contributed by atoms with Crippen molar-refractivity contribution in [3.63, 3.8) is 0 Å². The van der Waals surface area contributed by atoms with Gasteiger partial charge in [0.1, 0.15) is 0 Å². The number of carbonyl (C=O) groups excluding carboxylic acids is 1. The number of hydrogen-bond donors (Lipinski definition) is 1. The molecule has 2 atom stereocenters. The fourth-order valence-electron chi connectivity index (χ4n) is 2.88. The highest BCUT2D eigenvalue weighted by molar-refractivity contribution is 7.10. The first-order valence-electron chi connectivity index (χ1n) is 7.11. The van der Waals surface area contributed by atoms with Crippen molar-refractivity contribution in [2.45, 2.75) is 18.9 Å². The van der Waals surface area contributed by atoms with Crippen molar-refractivity contribution >= 4 is 23.2 Å². The first kappa shape index (κ1) is 14.7. The third-order valence-corrected chi connectivity index (χ3v) is 4.89. The fourth-order valence-corrected chi connectivity index (χ4v) is 3.78. The molecule has 114 valence electrons. The van der Waals surface area contributed by atoms with E-state index in [1.807, 2.05) is 29.6 Å². The van der Waals surface area contributed by atoms with Crippen LogP contribution in [0.4, 0.5) is 0 Å². The summed E-state index contributed by atoms with van der Waals surface area (Å²) < 4.78 is 0. The maximum atomic E-state index is 12.3. The van der Waals surface area contributed by atoms with Gasteiger partial charge in [0.05, 0.1) is 12.0 Å². The molecular formula is C16H16N2O3S. The molecule has 0 bridgehead atoms. The first-order valence-corrected chi connectivity index (χ1v) is 7.99. The minimum Gasteiger partial charge on any atom is -0.481 e. The first-order chi connectivity index (χ1) is 10.7. The average molecular weight is 316 g/mol. The molecule has 1 fully saturated rings.